The average molecular weight is 271 g/mol. The zero-order chi connectivity index (χ0) is 13.9. The molecule has 1 atom stereocenters. The van der Waals surface area contributed by atoms with E-state index in [0.717, 1.165) is 17.8 Å². The van der Waals surface area contributed by atoms with E-state index in [1.54, 1.807) is 12.3 Å². The Hall–Kier alpha value is -1.86. The number of nitrogens with one attached hydrogen (secondary N) is 1. The van der Waals surface area contributed by atoms with Crippen LogP contribution in [-0.2, 0) is 12.6 Å². The first-order chi connectivity index (χ1) is 9.00. The molecule has 0 saturated heterocycles. The lowest BCUT2D eigenvalue weighted by Crippen LogP contribution is -2.30. The van der Waals surface area contributed by atoms with Gasteiger partial charge in [-0.25, -0.2) is 0 Å². The van der Waals surface area contributed by atoms with Gasteiger partial charge in [0.25, 0.3) is 0 Å². The van der Waals surface area contributed by atoms with E-state index in [4.69, 9.17) is 10.3 Å². The number of alkyl halides is 3. The number of halogens is 3. The molecule has 102 valence electrons. The Balaban J connectivity index is 2.15. The molecule has 0 saturated carbocycles. The molecule has 0 aromatic carbocycles. The van der Waals surface area contributed by atoms with E-state index in [1.165, 1.54) is 12.3 Å². The molecule has 0 aliphatic rings. The topological polar surface area (TPSA) is 64.1 Å². The molecule has 0 fully saturated rings. The van der Waals surface area contributed by atoms with Crippen molar-refractivity contribution < 1.29 is 17.6 Å². The van der Waals surface area contributed by atoms with E-state index >= 15 is 0 Å². The first-order valence-electron chi connectivity index (χ1n) is 5.51. The second kappa shape index (κ2) is 5.41. The Morgan fingerprint density at radius 3 is 2.58 bits per heavy atom. The van der Waals surface area contributed by atoms with Gasteiger partial charge in [-0.3, -0.25) is 16.3 Å². The Kier molecular flexibility index (Phi) is 3.87. The monoisotopic (exact) mass is 271 g/mol. The van der Waals surface area contributed by atoms with Crippen molar-refractivity contribution in [1.82, 2.24) is 10.4 Å². The van der Waals surface area contributed by atoms with Crippen molar-refractivity contribution in [3.8, 4) is 0 Å². The van der Waals surface area contributed by atoms with Gasteiger partial charge in [-0.05, 0) is 30.2 Å². The number of rotatable bonds is 4. The molecule has 0 spiro atoms. The Bertz CT molecular complexity index is 508. The lowest BCUT2D eigenvalue weighted by atomic mass is 10.1. The predicted molar refractivity (Wildman–Crippen MR) is 61.7 cm³/mol. The average Bonchev–Trinajstić information content (AvgIpc) is 2.88. The molecular formula is C12H12F3N3O. The SMILES string of the molecule is NNC(Cc1ccoc1)c1ccc(C(F)(F)F)cn1. The maximum Gasteiger partial charge on any atom is 0.417 e. The zero-order valence-corrected chi connectivity index (χ0v) is 9.82. The molecule has 2 rings (SSSR count). The minimum absolute atomic E-state index is 0.375. The number of nitrogens with zero attached hydrogens (tertiary/aromatic N) is 1. The van der Waals surface area contributed by atoms with Gasteiger partial charge in [-0.15, -0.1) is 0 Å². The summed E-state index contributed by atoms with van der Waals surface area (Å²) in [6.45, 7) is 0. The summed E-state index contributed by atoms with van der Waals surface area (Å²) in [5.41, 5.74) is 3.07. The fraction of sp³-hybridized carbons (Fsp3) is 0.250. The summed E-state index contributed by atoms with van der Waals surface area (Å²) in [4.78, 5) is 3.80. The van der Waals surface area contributed by atoms with E-state index in [9.17, 15) is 13.2 Å². The minimum atomic E-state index is -4.39. The molecule has 2 aromatic rings. The molecular weight excluding hydrogens is 259 g/mol. The normalized spacial score (nSPS) is 13.5. The van der Waals surface area contributed by atoms with E-state index in [0.29, 0.717) is 12.1 Å². The number of hydrazine groups is 1. The second-order valence-corrected chi connectivity index (χ2v) is 4.02. The fourth-order valence-electron chi connectivity index (χ4n) is 1.67. The summed E-state index contributed by atoms with van der Waals surface area (Å²) in [5, 5.41) is 0. The van der Waals surface area contributed by atoms with E-state index in [1.807, 2.05) is 0 Å². The minimum Gasteiger partial charge on any atom is -0.472 e. The molecule has 0 radical (unpaired) electrons. The molecule has 3 N–H and O–H groups in total. The van der Waals surface area contributed by atoms with Gasteiger partial charge in [-0.1, -0.05) is 0 Å². The van der Waals surface area contributed by atoms with Crippen LogP contribution in [0, 0.1) is 0 Å². The Labute approximate surface area is 107 Å². The van der Waals surface area contributed by atoms with Crippen molar-refractivity contribution in [3.05, 3.63) is 53.7 Å². The summed E-state index contributed by atoms with van der Waals surface area (Å²) in [5.74, 6) is 5.40. The number of furan rings is 1. The second-order valence-electron chi connectivity index (χ2n) is 4.02. The third-order valence-electron chi connectivity index (χ3n) is 2.69. The first-order valence-corrected chi connectivity index (χ1v) is 5.51. The van der Waals surface area contributed by atoms with Gasteiger partial charge < -0.3 is 4.42 Å². The van der Waals surface area contributed by atoms with Crippen molar-refractivity contribution in [2.45, 2.75) is 18.6 Å². The van der Waals surface area contributed by atoms with Crippen LogP contribution in [0.15, 0.2) is 41.3 Å². The van der Waals surface area contributed by atoms with Crippen LogP contribution in [-0.4, -0.2) is 4.98 Å². The van der Waals surface area contributed by atoms with Crippen molar-refractivity contribution in [2.75, 3.05) is 0 Å². The summed E-state index contributed by atoms with van der Waals surface area (Å²) in [6.07, 6.45) is -0.0420. The maximum atomic E-state index is 12.4. The highest BCUT2D eigenvalue weighted by atomic mass is 19.4. The van der Waals surface area contributed by atoms with Gasteiger partial charge in [0, 0.05) is 6.20 Å². The molecule has 19 heavy (non-hydrogen) atoms. The Morgan fingerprint density at radius 1 is 1.32 bits per heavy atom. The van der Waals surface area contributed by atoms with E-state index in [-0.39, 0.29) is 6.04 Å². The maximum absolute atomic E-state index is 12.4. The van der Waals surface area contributed by atoms with Crippen LogP contribution < -0.4 is 11.3 Å². The highest BCUT2D eigenvalue weighted by Gasteiger charge is 2.30. The van der Waals surface area contributed by atoms with Gasteiger partial charge in [0.2, 0.25) is 0 Å². The summed E-state index contributed by atoms with van der Waals surface area (Å²) in [6, 6.07) is 3.68. The number of aromatic nitrogens is 1. The van der Waals surface area contributed by atoms with Crippen LogP contribution in [0.4, 0.5) is 13.2 Å². The van der Waals surface area contributed by atoms with Crippen LogP contribution >= 0.6 is 0 Å². The molecule has 1 unspecified atom stereocenters. The standard InChI is InChI=1S/C12H12F3N3O/c13-12(14,15)9-1-2-10(17-6-9)11(18-16)5-8-3-4-19-7-8/h1-4,6-7,11,18H,5,16H2. The molecule has 0 aliphatic heterocycles. The third kappa shape index (κ3) is 3.33. The van der Waals surface area contributed by atoms with E-state index in [2.05, 4.69) is 10.4 Å². The molecule has 4 nitrogen and oxygen atoms in total. The lowest BCUT2D eigenvalue weighted by molar-refractivity contribution is -0.137. The van der Waals surface area contributed by atoms with Crippen molar-refractivity contribution >= 4 is 0 Å². The molecule has 2 heterocycles. The third-order valence-corrected chi connectivity index (χ3v) is 2.69. The number of hydrogen-bond donors (Lipinski definition) is 2. The van der Waals surface area contributed by atoms with Gasteiger partial charge in [0.1, 0.15) is 0 Å². The van der Waals surface area contributed by atoms with Crippen molar-refractivity contribution in [3.63, 3.8) is 0 Å². The summed E-state index contributed by atoms with van der Waals surface area (Å²) >= 11 is 0. The number of pyridine rings is 1. The quantitative estimate of drug-likeness (QED) is 0.662. The summed E-state index contributed by atoms with van der Waals surface area (Å²) < 4.78 is 42.2. The van der Waals surface area contributed by atoms with Gasteiger partial charge in [-0.2, -0.15) is 13.2 Å². The van der Waals surface area contributed by atoms with Gasteiger partial charge >= 0.3 is 6.18 Å². The van der Waals surface area contributed by atoms with E-state index < -0.39 is 11.7 Å². The Morgan fingerprint density at radius 2 is 2.11 bits per heavy atom. The lowest BCUT2D eigenvalue weighted by Gasteiger charge is -2.15. The molecule has 2 aromatic heterocycles. The van der Waals surface area contributed by atoms with Crippen molar-refractivity contribution in [2.24, 2.45) is 5.84 Å². The molecule has 0 amide bonds. The van der Waals surface area contributed by atoms with Gasteiger partial charge in [0.15, 0.2) is 0 Å². The molecule has 7 heteroatoms. The predicted octanol–water partition coefficient (Wildman–Crippen LogP) is 2.44. The van der Waals surface area contributed by atoms with Crippen LogP contribution in [0.2, 0.25) is 0 Å². The smallest absolute Gasteiger partial charge is 0.417 e. The number of hydrogen-bond acceptors (Lipinski definition) is 4. The summed E-state index contributed by atoms with van der Waals surface area (Å²) in [7, 11) is 0. The highest BCUT2D eigenvalue weighted by Crippen LogP contribution is 2.29. The largest absolute Gasteiger partial charge is 0.472 e. The highest BCUT2D eigenvalue weighted by molar-refractivity contribution is 5.20. The van der Waals surface area contributed by atoms with Crippen LogP contribution in [0.1, 0.15) is 22.9 Å². The molecule has 0 aliphatic carbocycles. The zero-order valence-electron chi connectivity index (χ0n) is 9.82. The van der Waals surface area contributed by atoms with Crippen LogP contribution in [0.25, 0.3) is 0 Å². The fourth-order valence-corrected chi connectivity index (χ4v) is 1.67. The van der Waals surface area contributed by atoms with Gasteiger partial charge in [0.05, 0.1) is 29.8 Å². The van der Waals surface area contributed by atoms with Crippen LogP contribution in [0.5, 0.6) is 0 Å². The van der Waals surface area contributed by atoms with Crippen molar-refractivity contribution in [1.29, 1.82) is 0 Å². The first kappa shape index (κ1) is 13.6. The molecule has 0 bridgehead atoms. The number of nitrogens with two attached hydrogens (primary N) is 1. The van der Waals surface area contributed by atoms with Crippen LogP contribution in [0.3, 0.4) is 0 Å².